The SMILES string of the molecule is O=C(Nc1ccccc1N1CCOC1=O)c1csc(-c2cccc(Cl)c2)n1. The number of carbonyl (C=O) groups is 2. The molecule has 1 saturated heterocycles. The highest BCUT2D eigenvalue weighted by atomic mass is 35.5. The number of rotatable bonds is 4. The smallest absolute Gasteiger partial charge is 0.414 e. The van der Waals surface area contributed by atoms with Gasteiger partial charge in [0.25, 0.3) is 5.91 Å². The summed E-state index contributed by atoms with van der Waals surface area (Å²) in [5, 5.41) is 5.84. The number of hydrogen-bond donors (Lipinski definition) is 1. The van der Waals surface area contributed by atoms with Crippen LogP contribution in [0.1, 0.15) is 10.5 Å². The lowest BCUT2D eigenvalue weighted by Crippen LogP contribution is -2.25. The van der Waals surface area contributed by atoms with Gasteiger partial charge in [0.05, 0.1) is 17.9 Å². The standard InChI is InChI=1S/C19H14ClN3O3S/c20-13-5-3-4-12(10-13)18-22-15(11-27-18)17(24)21-14-6-1-2-7-16(14)23-8-9-26-19(23)25/h1-7,10-11H,8-9H2,(H,21,24). The topological polar surface area (TPSA) is 71.5 Å². The molecule has 3 aromatic rings. The van der Waals surface area contributed by atoms with Gasteiger partial charge < -0.3 is 10.1 Å². The highest BCUT2D eigenvalue weighted by Crippen LogP contribution is 2.30. The number of ether oxygens (including phenoxy) is 1. The molecule has 2 heterocycles. The molecule has 1 aromatic heterocycles. The molecule has 8 heteroatoms. The minimum Gasteiger partial charge on any atom is -0.447 e. The third kappa shape index (κ3) is 3.65. The molecule has 0 atom stereocenters. The van der Waals surface area contributed by atoms with E-state index in [0.717, 1.165) is 5.56 Å². The van der Waals surface area contributed by atoms with Crippen molar-refractivity contribution in [2.24, 2.45) is 0 Å². The zero-order chi connectivity index (χ0) is 18.8. The lowest BCUT2D eigenvalue weighted by Gasteiger charge is -2.17. The minimum atomic E-state index is -0.423. The Kier molecular flexibility index (Phi) is 4.79. The number of halogens is 1. The van der Waals surface area contributed by atoms with Crippen molar-refractivity contribution in [2.45, 2.75) is 0 Å². The second-order valence-electron chi connectivity index (χ2n) is 5.79. The molecular weight excluding hydrogens is 386 g/mol. The Morgan fingerprint density at radius 2 is 2.07 bits per heavy atom. The molecule has 1 aliphatic heterocycles. The molecule has 1 N–H and O–H groups in total. The van der Waals surface area contributed by atoms with E-state index in [9.17, 15) is 9.59 Å². The van der Waals surface area contributed by atoms with Crippen LogP contribution in [0.3, 0.4) is 0 Å². The number of anilines is 2. The number of nitrogens with zero attached hydrogens (tertiary/aromatic N) is 2. The van der Waals surface area contributed by atoms with Crippen LogP contribution in [0.2, 0.25) is 5.02 Å². The maximum absolute atomic E-state index is 12.6. The van der Waals surface area contributed by atoms with Gasteiger partial charge >= 0.3 is 6.09 Å². The molecule has 0 bridgehead atoms. The summed E-state index contributed by atoms with van der Waals surface area (Å²) in [7, 11) is 0. The highest BCUT2D eigenvalue weighted by molar-refractivity contribution is 7.13. The van der Waals surface area contributed by atoms with Crippen LogP contribution in [0, 0.1) is 0 Å². The Bertz CT molecular complexity index is 1020. The predicted molar refractivity (Wildman–Crippen MR) is 106 cm³/mol. The summed E-state index contributed by atoms with van der Waals surface area (Å²) in [5.74, 6) is -0.348. The zero-order valence-electron chi connectivity index (χ0n) is 14.0. The molecule has 6 nitrogen and oxygen atoms in total. The number of amides is 2. The fourth-order valence-corrected chi connectivity index (χ4v) is 3.73. The van der Waals surface area contributed by atoms with Gasteiger partial charge in [-0.25, -0.2) is 9.78 Å². The fraction of sp³-hybridized carbons (Fsp3) is 0.105. The number of cyclic esters (lactones) is 1. The maximum Gasteiger partial charge on any atom is 0.414 e. The van der Waals surface area contributed by atoms with E-state index >= 15 is 0 Å². The molecule has 2 amide bonds. The summed E-state index contributed by atoms with van der Waals surface area (Å²) in [6, 6.07) is 14.4. The van der Waals surface area contributed by atoms with Crippen LogP contribution in [-0.2, 0) is 4.74 Å². The van der Waals surface area contributed by atoms with Gasteiger partial charge in [0.2, 0.25) is 0 Å². The van der Waals surface area contributed by atoms with Gasteiger partial charge in [-0.1, -0.05) is 35.9 Å². The van der Waals surface area contributed by atoms with Crippen LogP contribution < -0.4 is 10.2 Å². The number of aromatic nitrogens is 1. The minimum absolute atomic E-state index is 0.300. The number of nitrogens with one attached hydrogen (secondary N) is 1. The van der Waals surface area contributed by atoms with Crippen LogP contribution in [0.4, 0.5) is 16.2 Å². The van der Waals surface area contributed by atoms with Gasteiger partial charge in [0.1, 0.15) is 17.3 Å². The first-order chi connectivity index (χ1) is 13.1. The molecule has 0 aliphatic carbocycles. The van der Waals surface area contributed by atoms with E-state index in [1.54, 1.807) is 41.8 Å². The molecule has 0 unspecified atom stereocenters. The molecule has 2 aromatic carbocycles. The first kappa shape index (κ1) is 17.5. The first-order valence-electron chi connectivity index (χ1n) is 8.18. The quantitative estimate of drug-likeness (QED) is 0.691. The first-order valence-corrected chi connectivity index (χ1v) is 9.44. The lowest BCUT2D eigenvalue weighted by atomic mass is 10.2. The van der Waals surface area contributed by atoms with Crippen LogP contribution in [0.15, 0.2) is 53.9 Å². The Morgan fingerprint density at radius 1 is 1.22 bits per heavy atom. The van der Waals surface area contributed by atoms with E-state index in [0.29, 0.717) is 40.3 Å². The van der Waals surface area contributed by atoms with Gasteiger partial charge in [-0.2, -0.15) is 0 Å². The van der Waals surface area contributed by atoms with Crippen molar-refractivity contribution in [3.05, 3.63) is 64.6 Å². The molecule has 1 fully saturated rings. The summed E-state index contributed by atoms with van der Waals surface area (Å²) in [6.45, 7) is 0.775. The Balaban J connectivity index is 1.56. The average molecular weight is 400 g/mol. The number of carbonyl (C=O) groups excluding carboxylic acids is 2. The van der Waals surface area contributed by atoms with E-state index in [1.807, 2.05) is 12.1 Å². The van der Waals surface area contributed by atoms with Crippen LogP contribution >= 0.6 is 22.9 Å². The van der Waals surface area contributed by atoms with Crippen molar-refractivity contribution < 1.29 is 14.3 Å². The van der Waals surface area contributed by atoms with Crippen molar-refractivity contribution in [1.82, 2.24) is 4.98 Å². The summed E-state index contributed by atoms with van der Waals surface area (Å²) in [6.07, 6.45) is -0.423. The van der Waals surface area contributed by atoms with E-state index in [4.69, 9.17) is 16.3 Å². The fourth-order valence-electron chi connectivity index (χ4n) is 2.75. The van der Waals surface area contributed by atoms with E-state index < -0.39 is 6.09 Å². The number of hydrogen-bond acceptors (Lipinski definition) is 5. The summed E-state index contributed by atoms with van der Waals surface area (Å²) in [5.41, 5.74) is 2.28. The largest absolute Gasteiger partial charge is 0.447 e. The molecule has 0 spiro atoms. The average Bonchev–Trinajstić information content (AvgIpc) is 3.31. The third-order valence-electron chi connectivity index (χ3n) is 4.01. The molecule has 136 valence electrons. The van der Waals surface area contributed by atoms with Crippen LogP contribution in [0.25, 0.3) is 10.6 Å². The highest BCUT2D eigenvalue weighted by Gasteiger charge is 2.26. The van der Waals surface area contributed by atoms with Crippen LogP contribution in [-0.4, -0.2) is 30.1 Å². The molecule has 1 aliphatic rings. The molecule has 27 heavy (non-hydrogen) atoms. The van der Waals surface area contributed by atoms with Gasteiger partial charge in [-0.3, -0.25) is 9.69 Å². The summed E-state index contributed by atoms with van der Waals surface area (Å²) in [4.78, 5) is 30.4. The molecule has 4 rings (SSSR count). The van der Waals surface area contributed by atoms with Gasteiger partial charge in [-0.15, -0.1) is 11.3 Å². The molecular formula is C19H14ClN3O3S. The summed E-state index contributed by atoms with van der Waals surface area (Å²) < 4.78 is 4.98. The normalized spacial score (nSPS) is 13.5. The van der Waals surface area contributed by atoms with Crippen molar-refractivity contribution in [3.63, 3.8) is 0 Å². The van der Waals surface area contributed by atoms with E-state index in [-0.39, 0.29) is 5.91 Å². The van der Waals surface area contributed by atoms with Crippen molar-refractivity contribution in [1.29, 1.82) is 0 Å². The van der Waals surface area contributed by atoms with Gasteiger partial charge in [0, 0.05) is 16.0 Å². The number of benzene rings is 2. The second kappa shape index (κ2) is 7.38. The zero-order valence-corrected chi connectivity index (χ0v) is 15.6. The number of para-hydroxylation sites is 2. The molecule has 0 radical (unpaired) electrons. The Morgan fingerprint density at radius 3 is 2.85 bits per heavy atom. The predicted octanol–water partition coefficient (Wildman–Crippen LogP) is 4.67. The van der Waals surface area contributed by atoms with Crippen LogP contribution in [0.5, 0.6) is 0 Å². The monoisotopic (exact) mass is 399 g/mol. The van der Waals surface area contributed by atoms with E-state index in [2.05, 4.69) is 10.3 Å². The Hall–Kier alpha value is -2.90. The Labute approximate surface area is 164 Å². The van der Waals surface area contributed by atoms with Gasteiger partial charge in [-0.05, 0) is 24.3 Å². The second-order valence-corrected chi connectivity index (χ2v) is 7.08. The maximum atomic E-state index is 12.6. The van der Waals surface area contributed by atoms with Crippen molar-refractivity contribution >= 4 is 46.3 Å². The van der Waals surface area contributed by atoms with E-state index in [1.165, 1.54) is 16.2 Å². The number of thiazole rings is 1. The lowest BCUT2D eigenvalue weighted by molar-refractivity contribution is 0.102. The van der Waals surface area contributed by atoms with Gasteiger partial charge in [0.15, 0.2) is 0 Å². The third-order valence-corrected chi connectivity index (χ3v) is 5.14. The summed E-state index contributed by atoms with van der Waals surface area (Å²) >= 11 is 7.38. The van der Waals surface area contributed by atoms with Crippen molar-refractivity contribution in [3.8, 4) is 10.6 Å². The van der Waals surface area contributed by atoms with Crippen molar-refractivity contribution in [2.75, 3.05) is 23.4 Å². The molecule has 0 saturated carbocycles.